The second-order valence-corrected chi connectivity index (χ2v) is 8.09. The third-order valence-electron chi connectivity index (χ3n) is 3.49. The molecule has 0 heterocycles. The predicted molar refractivity (Wildman–Crippen MR) is 92.9 cm³/mol. The summed E-state index contributed by atoms with van der Waals surface area (Å²) < 4.78 is 26.4. The zero-order valence-electron chi connectivity index (χ0n) is 12.9. The van der Waals surface area contributed by atoms with Crippen molar-refractivity contribution >= 4 is 38.9 Å². The molecule has 2 rings (SSSR count). The Bertz CT molecular complexity index is 900. The molecule has 0 aliphatic rings. The molecule has 0 unspecified atom stereocenters. The lowest BCUT2D eigenvalue weighted by molar-refractivity contribution is -0.385. The Morgan fingerprint density at radius 1 is 1.21 bits per heavy atom. The van der Waals surface area contributed by atoms with Crippen molar-refractivity contribution in [3.05, 3.63) is 67.7 Å². The maximum atomic E-state index is 12.7. The van der Waals surface area contributed by atoms with Crippen LogP contribution in [-0.2, 0) is 16.6 Å². The van der Waals surface area contributed by atoms with Crippen molar-refractivity contribution in [3.63, 3.8) is 0 Å². The third kappa shape index (κ3) is 3.87. The van der Waals surface area contributed by atoms with Gasteiger partial charge in [0.1, 0.15) is 0 Å². The number of rotatable bonds is 5. The van der Waals surface area contributed by atoms with Gasteiger partial charge in [-0.3, -0.25) is 10.1 Å². The summed E-state index contributed by atoms with van der Waals surface area (Å²) in [6, 6.07) is 9.02. The summed E-state index contributed by atoms with van der Waals surface area (Å²) in [5.41, 5.74) is 0.580. The van der Waals surface area contributed by atoms with Gasteiger partial charge in [0.15, 0.2) is 0 Å². The Morgan fingerprint density at radius 2 is 1.88 bits per heavy atom. The molecule has 0 bridgehead atoms. The topological polar surface area (TPSA) is 80.5 Å². The number of nitrogens with zero attached hydrogens (tertiary/aromatic N) is 2. The molecule has 0 spiro atoms. The standard InChI is InChI=1S/C15H14Cl2N2O4S/c1-10-14(17)7-13(8-15(10)19(20)21)24(22,23)18(2)9-11-4-3-5-12(16)6-11/h3-8H,9H2,1-2H3. The van der Waals surface area contributed by atoms with Gasteiger partial charge in [0.2, 0.25) is 10.0 Å². The number of nitro benzene ring substituents is 1. The van der Waals surface area contributed by atoms with Gasteiger partial charge in [-0.25, -0.2) is 8.42 Å². The molecule has 0 aliphatic carbocycles. The molecule has 2 aromatic carbocycles. The smallest absolute Gasteiger partial charge is 0.258 e. The zero-order valence-corrected chi connectivity index (χ0v) is 15.2. The summed E-state index contributed by atoms with van der Waals surface area (Å²) in [6.07, 6.45) is 0. The van der Waals surface area contributed by atoms with Crippen LogP contribution in [0.5, 0.6) is 0 Å². The maximum absolute atomic E-state index is 12.7. The highest BCUT2D eigenvalue weighted by atomic mass is 35.5. The zero-order chi connectivity index (χ0) is 18.1. The summed E-state index contributed by atoms with van der Waals surface area (Å²) in [7, 11) is -2.56. The van der Waals surface area contributed by atoms with E-state index in [0.717, 1.165) is 10.4 Å². The lowest BCUT2D eigenvalue weighted by atomic mass is 10.2. The average Bonchev–Trinajstić information content (AvgIpc) is 2.49. The van der Waals surface area contributed by atoms with Gasteiger partial charge in [0.25, 0.3) is 5.69 Å². The van der Waals surface area contributed by atoms with Crippen molar-refractivity contribution in [2.24, 2.45) is 0 Å². The van der Waals surface area contributed by atoms with Crippen LogP contribution >= 0.6 is 23.2 Å². The summed E-state index contributed by atoms with van der Waals surface area (Å²) >= 11 is 11.8. The molecule has 6 nitrogen and oxygen atoms in total. The number of sulfonamides is 1. The van der Waals surface area contributed by atoms with Gasteiger partial charge in [-0.1, -0.05) is 35.3 Å². The van der Waals surface area contributed by atoms with Crippen LogP contribution in [0.1, 0.15) is 11.1 Å². The number of hydrogen-bond acceptors (Lipinski definition) is 4. The Balaban J connectivity index is 2.41. The van der Waals surface area contributed by atoms with Crippen LogP contribution < -0.4 is 0 Å². The molecule has 0 saturated heterocycles. The minimum atomic E-state index is -3.94. The van der Waals surface area contributed by atoms with Crippen LogP contribution in [0.4, 0.5) is 5.69 Å². The molecule has 0 fully saturated rings. The van der Waals surface area contributed by atoms with Crippen molar-refractivity contribution in [2.45, 2.75) is 18.4 Å². The monoisotopic (exact) mass is 388 g/mol. The minimum Gasteiger partial charge on any atom is -0.258 e. The Hall–Kier alpha value is -1.67. The minimum absolute atomic E-state index is 0.0268. The highest BCUT2D eigenvalue weighted by Gasteiger charge is 2.26. The van der Waals surface area contributed by atoms with E-state index in [1.165, 1.54) is 20.0 Å². The maximum Gasteiger partial charge on any atom is 0.275 e. The van der Waals surface area contributed by atoms with Crippen LogP contribution in [0.15, 0.2) is 41.3 Å². The number of halogens is 2. The van der Waals surface area contributed by atoms with Gasteiger partial charge in [-0.15, -0.1) is 0 Å². The normalized spacial score (nSPS) is 11.7. The molecule has 0 saturated carbocycles. The average molecular weight is 389 g/mol. The van der Waals surface area contributed by atoms with Crippen LogP contribution in [0.25, 0.3) is 0 Å². The first kappa shape index (κ1) is 18.7. The van der Waals surface area contributed by atoms with E-state index >= 15 is 0 Å². The van der Waals surface area contributed by atoms with E-state index in [0.29, 0.717) is 10.6 Å². The van der Waals surface area contributed by atoms with Gasteiger partial charge in [0.05, 0.1) is 14.8 Å². The first-order valence-corrected chi connectivity index (χ1v) is 8.98. The van der Waals surface area contributed by atoms with E-state index in [-0.39, 0.29) is 27.7 Å². The second-order valence-electron chi connectivity index (χ2n) is 5.20. The van der Waals surface area contributed by atoms with E-state index in [9.17, 15) is 18.5 Å². The summed E-state index contributed by atoms with van der Waals surface area (Å²) in [5.74, 6) is 0. The molecule has 0 amide bonds. The SMILES string of the molecule is Cc1c(Cl)cc(S(=O)(=O)N(C)Cc2cccc(Cl)c2)cc1[N+](=O)[O-]. The van der Waals surface area contributed by atoms with Crippen LogP contribution in [0.3, 0.4) is 0 Å². The fourth-order valence-corrected chi connectivity index (χ4v) is 3.83. The molecule has 9 heteroatoms. The molecular formula is C15H14Cl2N2O4S. The lowest BCUT2D eigenvalue weighted by Crippen LogP contribution is -2.26. The van der Waals surface area contributed by atoms with E-state index in [4.69, 9.17) is 23.2 Å². The van der Waals surface area contributed by atoms with Crippen molar-refractivity contribution in [1.82, 2.24) is 4.31 Å². The summed E-state index contributed by atoms with van der Waals surface area (Å²) in [4.78, 5) is 10.2. The summed E-state index contributed by atoms with van der Waals surface area (Å²) in [5, 5.41) is 11.6. The third-order valence-corrected chi connectivity index (χ3v) is 5.90. The Morgan fingerprint density at radius 3 is 2.46 bits per heavy atom. The van der Waals surface area contributed by atoms with Gasteiger partial charge < -0.3 is 0 Å². The van der Waals surface area contributed by atoms with Crippen molar-refractivity contribution in [2.75, 3.05) is 7.05 Å². The quantitative estimate of drug-likeness (QED) is 0.571. The molecular weight excluding hydrogens is 375 g/mol. The van der Waals surface area contributed by atoms with Gasteiger partial charge in [0, 0.05) is 30.2 Å². The van der Waals surface area contributed by atoms with E-state index in [2.05, 4.69) is 0 Å². The molecule has 0 aromatic heterocycles. The van der Waals surface area contributed by atoms with E-state index in [1.807, 2.05) is 0 Å². The van der Waals surface area contributed by atoms with Crippen molar-refractivity contribution in [1.29, 1.82) is 0 Å². The van der Waals surface area contributed by atoms with Gasteiger partial charge in [-0.2, -0.15) is 4.31 Å². The van der Waals surface area contributed by atoms with E-state index in [1.54, 1.807) is 24.3 Å². The second kappa shape index (κ2) is 7.06. The van der Waals surface area contributed by atoms with Gasteiger partial charge in [-0.05, 0) is 30.7 Å². The molecule has 24 heavy (non-hydrogen) atoms. The van der Waals surface area contributed by atoms with Crippen LogP contribution in [-0.4, -0.2) is 24.7 Å². The molecule has 2 aromatic rings. The largest absolute Gasteiger partial charge is 0.275 e. The lowest BCUT2D eigenvalue weighted by Gasteiger charge is -2.18. The first-order chi connectivity index (χ1) is 11.1. The van der Waals surface area contributed by atoms with Crippen molar-refractivity contribution < 1.29 is 13.3 Å². The van der Waals surface area contributed by atoms with Crippen LogP contribution in [0.2, 0.25) is 10.0 Å². The highest BCUT2D eigenvalue weighted by molar-refractivity contribution is 7.89. The molecule has 0 aliphatic heterocycles. The fourth-order valence-electron chi connectivity index (χ4n) is 2.14. The highest BCUT2D eigenvalue weighted by Crippen LogP contribution is 2.31. The summed E-state index contributed by atoms with van der Waals surface area (Å²) in [6.45, 7) is 1.54. The molecule has 0 N–H and O–H groups in total. The van der Waals surface area contributed by atoms with Crippen molar-refractivity contribution in [3.8, 4) is 0 Å². The Kier molecular flexibility index (Phi) is 5.49. The first-order valence-electron chi connectivity index (χ1n) is 6.78. The van der Waals surface area contributed by atoms with E-state index < -0.39 is 14.9 Å². The number of benzene rings is 2. The molecule has 0 atom stereocenters. The fraction of sp³-hybridized carbons (Fsp3) is 0.200. The molecule has 0 radical (unpaired) electrons. The van der Waals surface area contributed by atoms with Gasteiger partial charge >= 0.3 is 0 Å². The molecule has 128 valence electrons. The Labute approximate surface area is 149 Å². The number of hydrogen-bond donors (Lipinski definition) is 0. The van der Waals surface area contributed by atoms with Crippen LogP contribution in [0, 0.1) is 17.0 Å². The predicted octanol–water partition coefficient (Wildman–Crippen LogP) is 4.03. The number of nitro groups is 1.